The summed E-state index contributed by atoms with van der Waals surface area (Å²) in [5.74, 6) is -0.133. The van der Waals surface area contributed by atoms with Gasteiger partial charge in [0, 0.05) is 12.1 Å². The van der Waals surface area contributed by atoms with Gasteiger partial charge in [0.2, 0.25) is 5.91 Å². The molecule has 0 radical (unpaired) electrons. The first-order valence-electron chi connectivity index (χ1n) is 5.07. The highest BCUT2D eigenvalue weighted by Gasteiger charge is 2.09. The van der Waals surface area contributed by atoms with E-state index < -0.39 is 6.61 Å². The third-order valence-corrected chi connectivity index (χ3v) is 2.00. The first-order chi connectivity index (χ1) is 8.13. The molecule has 102 valence electrons. The number of rotatable bonds is 6. The molecule has 1 amide bonds. The molecule has 0 unspecified atom stereocenters. The zero-order chi connectivity index (χ0) is 12.7. The zero-order valence-electron chi connectivity index (χ0n) is 9.78. The summed E-state index contributed by atoms with van der Waals surface area (Å²) >= 11 is 0. The molecule has 1 aromatic rings. The molecule has 0 saturated carbocycles. The van der Waals surface area contributed by atoms with Gasteiger partial charge in [0.05, 0.1) is 6.54 Å². The number of nitrogens with one attached hydrogen (secondary N) is 2. The van der Waals surface area contributed by atoms with Crippen molar-refractivity contribution in [3.05, 3.63) is 29.8 Å². The minimum Gasteiger partial charge on any atom is -0.434 e. The van der Waals surface area contributed by atoms with Crippen molar-refractivity contribution < 1.29 is 18.3 Å². The second kappa shape index (κ2) is 8.66. The predicted molar refractivity (Wildman–Crippen MR) is 66.1 cm³/mol. The van der Waals surface area contributed by atoms with E-state index in [-0.39, 0.29) is 37.2 Å². The Labute approximate surface area is 110 Å². The molecule has 0 saturated heterocycles. The SMILES string of the molecule is CNCC(=O)NCc1ccccc1OC(F)F.Cl. The van der Waals surface area contributed by atoms with E-state index in [1.165, 1.54) is 6.07 Å². The Morgan fingerprint density at radius 3 is 2.67 bits per heavy atom. The Morgan fingerprint density at radius 1 is 1.39 bits per heavy atom. The maximum absolute atomic E-state index is 12.1. The maximum Gasteiger partial charge on any atom is 0.387 e. The van der Waals surface area contributed by atoms with Crippen LogP contribution in [0.1, 0.15) is 5.56 Å². The molecule has 0 spiro atoms. The van der Waals surface area contributed by atoms with Gasteiger partial charge in [-0.25, -0.2) is 0 Å². The van der Waals surface area contributed by atoms with E-state index in [0.29, 0.717) is 5.56 Å². The molecule has 1 aromatic carbocycles. The predicted octanol–water partition coefficient (Wildman–Crippen LogP) is 1.55. The minimum atomic E-state index is -2.87. The van der Waals surface area contributed by atoms with Crippen molar-refractivity contribution in [3.8, 4) is 5.75 Å². The van der Waals surface area contributed by atoms with Crippen molar-refractivity contribution in [2.45, 2.75) is 13.2 Å². The Kier molecular flexibility index (Phi) is 7.98. The van der Waals surface area contributed by atoms with Gasteiger partial charge in [0.25, 0.3) is 0 Å². The normalized spacial score (nSPS) is 9.78. The summed E-state index contributed by atoms with van der Waals surface area (Å²) in [5.41, 5.74) is 0.511. The second-order valence-electron chi connectivity index (χ2n) is 3.29. The van der Waals surface area contributed by atoms with Crippen LogP contribution in [0.5, 0.6) is 5.75 Å². The zero-order valence-corrected chi connectivity index (χ0v) is 10.6. The van der Waals surface area contributed by atoms with Crippen LogP contribution < -0.4 is 15.4 Å². The third kappa shape index (κ3) is 5.79. The number of ether oxygens (including phenoxy) is 1. The molecule has 0 aromatic heterocycles. The maximum atomic E-state index is 12.1. The lowest BCUT2D eigenvalue weighted by Crippen LogP contribution is -2.31. The van der Waals surface area contributed by atoms with Gasteiger partial charge < -0.3 is 15.4 Å². The lowest BCUT2D eigenvalue weighted by molar-refractivity contribution is -0.120. The number of likely N-dealkylation sites (N-methyl/N-ethyl adjacent to an activating group) is 1. The van der Waals surface area contributed by atoms with Crippen molar-refractivity contribution >= 4 is 18.3 Å². The summed E-state index contributed by atoms with van der Waals surface area (Å²) in [4.78, 5) is 11.2. The number of carbonyl (C=O) groups is 1. The summed E-state index contributed by atoms with van der Waals surface area (Å²) in [6.07, 6.45) is 0. The number of hydrogen-bond acceptors (Lipinski definition) is 3. The number of halogens is 3. The summed E-state index contributed by atoms with van der Waals surface area (Å²) in [7, 11) is 1.65. The van der Waals surface area contributed by atoms with E-state index in [0.717, 1.165) is 0 Å². The van der Waals surface area contributed by atoms with Crippen LogP contribution in [-0.2, 0) is 11.3 Å². The molecular weight excluding hydrogens is 266 g/mol. The van der Waals surface area contributed by atoms with Crippen molar-refractivity contribution in [2.24, 2.45) is 0 Å². The van der Waals surface area contributed by atoms with Crippen molar-refractivity contribution in [1.29, 1.82) is 0 Å². The van der Waals surface area contributed by atoms with Crippen LogP contribution >= 0.6 is 12.4 Å². The van der Waals surface area contributed by atoms with Gasteiger partial charge in [0.15, 0.2) is 0 Å². The summed E-state index contributed by atoms with van der Waals surface area (Å²) in [6.45, 7) is -2.54. The Morgan fingerprint density at radius 2 is 2.06 bits per heavy atom. The molecule has 0 fully saturated rings. The molecule has 18 heavy (non-hydrogen) atoms. The van der Waals surface area contributed by atoms with E-state index in [1.54, 1.807) is 25.2 Å². The van der Waals surface area contributed by atoms with Crippen LogP contribution in [0.25, 0.3) is 0 Å². The Bertz CT molecular complexity index is 378. The lowest BCUT2D eigenvalue weighted by Gasteiger charge is -2.11. The van der Waals surface area contributed by atoms with E-state index in [1.807, 2.05) is 0 Å². The molecule has 0 atom stereocenters. The van der Waals surface area contributed by atoms with Crippen molar-refractivity contribution in [1.82, 2.24) is 10.6 Å². The van der Waals surface area contributed by atoms with Crippen LogP contribution in [0.4, 0.5) is 8.78 Å². The van der Waals surface area contributed by atoms with Crippen LogP contribution in [0.15, 0.2) is 24.3 Å². The number of carbonyl (C=O) groups excluding carboxylic acids is 1. The Hall–Kier alpha value is -1.40. The molecular formula is C11H15ClF2N2O2. The number of benzene rings is 1. The van der Waals surface area contributed by atoms with Gasteiger partial charge in [-0.2, -0.15) is 8.78 Å². The molecule has 0 heterocycles. The largest absolute Gasteiger partial charge is 0.434 e. The fraction of sp³-hybridized carbons (Fsp3) is 0.364. The fourth-order valence-corrected chi connectivity index (χ4v) is 1.28. The van der Waals surface area contributed by atoms with Crippen LogP contribution in [0, 0.1) is 0 Å². The second-order valence-corrected chi connectivity index (χ2v) is 3.29. The number of para-hydroxylation sites is 1. The van der Waals surface area contributed by atoms with E-state index in [4.69, 9.17) is 0 Å². The first kappa shape index (κ1) is 16.6. The first-order valence-corrected chi connectivity index (χ1v) is 5.07. The highest BCUT2D eigenvalue weighted by atomic mass is 35.5. The van der Waals surface area contributed by atoms with Gasteiger partial charge in [-0.05, 0) is 13.1 Å². The van der Waals surface area contributed by atoms with Crippen LogP contribution in [-0.4, -0.2) is 26.1 Å². The number of hydrogen-bond donors (Lipinski definition) is 2. The quantitative estimate of drug-likeness (QED) is 0.831. The number of alkyl halides is 2. The molecule has 1 rings (SSSR count). The number of amides is 1. The van der Waals surface area contributed by atoms with Crippen molar-refractivity contribution in [2.75, 3.05) is 13.6 Å². The van der Waals surface area contributed by atoms with Crippen molar-refractivity contribution in [3.63, 3.8) is 0 Å². The topological polar surface area (TPSA) is 50.4 Å². The van der Waals surface area contributed by atoms with Gasteiger partial charge in [-0.15, -0.1) is 12.4 Å². The van der Waals surface area contributed by atoms with Gasteiger partial charge >= 0.3 is 6.61 Å². The third-order valence-electron chi connectivity index (χ3n) is 2.00. The summed E-state index contributed by atoms with van der Waals surface area (Å²) in [5, 5.41) is 5.27. The molecule has 4 nitrogen and oxygen atoms in total. The smallest absolute Gasteiger partial charge is 0.387 e. The monoisotopic (exact) mass is 280 g/mol. The Balaban J connectivity index is 0.00000289. The van der Waals surface area contributed by atoms with Gasteiger partial charge in [-0.1, -0.05) is 18.2 Å². The molecule has 0 aliphatic rings. The van der Waals surface area contributed by atoms with Crippen LogP contribution in [0.3, 0.4) is 0 Å². The average molecular weight is 281 g/mol. The lowest BCUT2D eigenvalue weighted by atomic mass is 10.2. The molecule has 0 aliphatic heterocycles. The van der Waals surface area contributed by atoms with E-state index >= 15 is 0 Å². The minimum absolute atomic E-state index is 0. The highest BCUT2D eigenvalue weighted by Crippen LogP contribution is 2.19. The highest BCUT2D eigenvalue weighted by molar-refractivity contribution is 5.85. The molecule has 0 aliphatic carbocycles. The van der Waals surface area contributed by atoms with E-state index in [9.17, 15) is 13.6 Å². The van der Waals surface area contributed by atoms with Gasteiger partial charge in [-0.3, -0.25) is 4.79 Å². The fourth-order valence-electron chi connectivity index (χ4n) is 1.28. The summed E-state index contributed by atoms with van der Waals surface area (Å²) in [6, 6.07) is 6.34. The molecule has 2 N–H and O–H groups in total. The van der Waals surface area contributed by atoms with Crippen LogP contribution in [0.2, 0.25) is 0 Å². The van der Waals surface area contributed by atoms with E-state index in [2.05, 4.69) is 15.4 Å². The van der Waals surface area contributed by atoms with Gasteiger partial charge in [0.1, 0.15) is 5.75 Å². The standard InChI is InChI=1S/C11H14F2N2O2.ClH/c1-14-7-10(16)15-6-8-4-2-3-5-9(8)17-11(12)13;/h2-5,11,14H,6-7H2,1H3,(H,15,16);1H. The summed E-state index contributed by atoms with van der Waals surface area (Å²) < 4.78 is 28.5. The molecule has 7 heteroatoms. The average Bonchev–Trinajstić information content (AvgIpc) is 2.27. The molecule has 0 bridgehead atoms.